The fourth-order valence-corrected chi connectivity index (χ4v) is 5.13. The van der Waals surface area contributed by atoms with Crippen molar-refractivity contribution in [3.63, 3.8) is 0 Å². The van der Waals surface area contributed by atoms with Gasteiger partial charge in [-0.2, -0.15) is 0 Å². The second kappa shape index (κ2) is 10.5. The third-order valence-corrected chi connectivity index (χ3v) is 7.08. The van der Waals surface area contributed by atoms with Gasteiger partial charge in [-0.25, -0.2) is 4.79 Å². The van der Waals surface area contributed by atoms with Crippen LogP contribution in [0, 0.1) is 5.92 Å². The lowest BCUT2D eigenvalue weighted by molar-refractivity contribution is -0.135. The zero-order valence-electron chi connectivity index (χ0n) is 19.6. The fraction of sp³-hybridized carbons (Fsp3) is 0.520. The summed E-state index contributed by atoms with van der Waals surface area (Å²) in [5.41, 5.74) is 1.13. The highest BCUT2D eigenvalue weighted by atomic mass is 32.1. The van der Waals surface area contributed by atoms with E-state index in [0.29, 0.717) is 37.1 Å². The van der Waals surface area contributed by atoms with Crippen LogP contribution in [0.1, 0.15) is 43.2 Å². The molecule has 7 nitrogen and oxygen atoms in total. The Morgan fingerprint density at radius 1 is 1.21 bits per heavy atom. The quantitative estimate of drug-likeness (QED) is 0.598. The average molecular weight is 472 g/mol. The first-order valence-corrected chi connectivity index (χ1v) is 12.5. The van der Waals surface area contributed by atoms with Gasteiger partial charge < -0.3 is 24.6 Å². The Labute approximate surface area is 199 Å². The summed E-state index contributed by atoms with van der Waals surface area (Å²) in [6, 6.07) is 9.28. The Balaban J connectivity index is 1.50. The van der Waals surface area contributed by atoms with Crippen molar-refractivity contribution in [3.05, 3.63) is 46.2 Å². The van der Waals surface area contributed by atoms with E-state index in [-0.39, 0.29) is 30.6 Å². The normalized spacial score (nSPS) is 17.5. The van der Waals surface area contributed by atoms with E-state index in [0.717, 1.165) is 24.8 Å². The lowest BCUT2D eigenvalue weighted by atomic mass is 10.0. The van der Waals surface area contributed by atoms with E-state index in [4.69, 9.17) is 9.47 Å². The Morgan fingerprint density at radius 3 is 2.67 bits per heavy atom. The number of urea groups is 1. The number of fused-ring (bicyclic) bond motifs is 1. The zero-order valence-corrected chi connectivity index (χ0v) is 20.4. The summed E-state index contributed by atoms with van der Waals surface area (Å²) in [5, 5.41) is 5.02. The number of carbonyl (C=O) groups excluding carboxylic acids is 2. The lowest BCUT2D eigenvalue weighted by Crippen LogP contribution is -2.51. The van der Waals surface area contributed by atoms with Crippen LogP contribution in [0.2, 0.25) is 0 Å². The molecule has 1 fully saturated rings. The molecule has 178 valence electrons. The molecular formula is C25H33N3O4S. The number of nitrogens with zero attached hydrogens (tertiary/aromatic N) is 2. The van der Waals surface area contributed by atoms with Crippen LogP contribution in [0.15, 0.2) is 35.7 Å². The Morgan fingerprint density at radius 2 is 1.97 bits per heavy atom. The van der Waals surface area contributed by atoms with Crippen LogP contribution in [-0.2, 0) is 11.2 Å². The second-order valence-electron chi connectivity index (χ2n) is 9.04. The fourth-order valence-electron chi connectivity index (χ4n) is 4.21. The Bertz CT molecular complexity index is 972. The smallest absolute Gasteiger partial charge is 0.318 e. The van der Waals surface area contributed by atoms with Crippen LogP contribution in [-0.4, -0.2) is 61.1 Å². The van der Waals surface area contributed by atoms with Crippen LogP contribution in [0.3, 0.4) is 0 Å². The zero-order chi connectivity index (χ0) is 23.4. The maximum absolute atomic E-state index is 13.5. The number of benzene rings is 1. The predicted octanol–water partition coefficient (Wildman–Crippen LogP) is 4.09. The van der Waals surface area contributed by atoms with Crippen LogP contribution in [0.4, 0.5) is 4.79 Å². The molecule has 4 rings (SSSR count). The second-order valence-corrected chi connectivity index (χ2v) is 10.0. The van der Waals surface area contributed by atoms with E-state index in [1.807, 2.05) is 43.0 Å². The van der Waals surface area contributed by atoms with E-state index in [1.54, 1.807) is 23.3 Å². The molecule has 3 amide bonds. The standard InChI is InChI=1S/C25H33N3O4S/c1-17(2)26-25(30)27(14-18-8-9-18)15-24(29)28-12-10-23-19(11-13-33-23)20(28)16-32-22-7-5-4-6-21(22)31-3/h4-7,11,13,17-18,20H,8-10,12,14-16H2,1-3H3,(H,26,30)/t20-/m1/s1. The first-order valence-electron chi connectivity index (χ1n) is 11.6. The van der Waals surface area contributed by atoms with Crippen molar-refractivity contribution in [1.82, 2.24) is 15.1 Å². The van der Waals surface area contributed by atoms with Gasteiger partial charge in [0.15, 0.2) is 11.5 Å². The van der Waals surface area contributed by atoms with Gasteiger partial charge >= 0.3 is 6.03 Å². The molecule has 1 saturated carbocycles. The molecule has 1 N–H and O–H groups in total. The van der Waals surface area contributed by atoms with E-state index in [9.17, 15) is 9.59 Å². The summed E-state index contributed by atoms with van der Waals surface area (Å²) in [7, 11) is 1.62. The predicted molar refractivity (Wildman–Crippen MR) is 129 cm³/mol. The van der Waals surface area contributed by atoms with Gasteiger partial charge in [0.2, 0.25) is 5.91 Å². The first-order chi connectivity index (χ1) is 16.0. The Kier molecular flexibility index (Phi) is 7.42. The van der Waals surface area contributed by atoms with Gasteiger partial charge in [0, 0.05) is 24.0 Å². The lowest BCUT2D eigenvalue weighted by Gasteiger charge is -2.37. The molecule has 0 spiro atoms. The summed E-state index contributed by atoms with van der Waals surface area (Å²) in [4.78, 5) is 31.1. The summed E-state index contributed by atoms with van der Waals surface area (Å²) in [5.74, 6) is 1.78. The molecular weight excluding hydrogens is 438 g/mol. The van der Waals surface area contributed by atoms with Gasteiger partial charge in [-0.15, -0.1) is 11.3 Å². The minimum absolute atomic E-state index is 0.0275. The van der Waals surface area contributed by atoms with Crippen molar-refractivity contribution in [3.8, 4) is 11.5 Å². The van der Waals surface area contributed by atoms with E-state index in [1.165, 1.54) is 4.88 Å². The number of nitrogens with one attached hydrogen (secondary N) is 1. The van der Waals surface area contributed by atoms with Crippen molar-refractivity contribution in [2.24, 2.45) is 5.92 Å². The summed E-state index contributed by atoms with van der Waals surface area (Å²) in [6.07, 6.45) is 3.07. The van der Waals surface area contributed by atoms with Crippen LogP contribution in [0.5, 0.6) is 11.5 Å². The third kappa shape index (κ3) is 5.79. The number of para-hydroxylation sites is 2. The number of amides is 3. The highest BCUT2D eigenvalue weighted by Gasteiger charge is 2.35. The number of rotatable bonds is 9. The highest BCUT2D eigenvalue weighted by Crippen LogP contribution is 2.35. The van der Waals surface area contributed by atoms with E-state index in [2.05, 4.69) is 16.8 Å². The van der Waals surface area contributed by atoms with Gasteiger partial charge in [-0.05, 0) is 68.2 Å². The first kappa shape index (κ1) is 23.4. The van der Waals surface area contributed by atoms with Gasteiger partial charge in [0.05, 0.1) is 13.2 Å². The molecule has 0 bridgehead atoms. The average Bonchev–Trinajstić information content (AvgIpc) is 3.49. The molecule has 33 heavy (non-hydrogen) atoms. The monoisotopic (exact) mass is 471 g/mol. The van der Waals surface area contributed by atoms with Crippen molar-refractivity contribution in [1.29, 1.82) is 0 Å². The highest BCUT2D eigenvalue weighted by molar-refractivity contribution is 7.10. The number of thiophene rings is 1. The van der Waals surface area contributed by atoms with Crippen molar-refractivity contribution in [2.75, 3.05) is 33.4 Å². The summed E-state index contributed by atoms with van der Waals surface area (Å²) < 4.78 is 11.6. The number of hydrogen-bond donors (Lipinski definition) is 1. The number of methoxy groups -OCH3 is 1. The number of ether oxygens (including phenoxy) is 2. The van der Waals surface area contributed by atoms with Crippen LogP contribution >= 0.6 is 11.3 Å². The minimum atomic E-state index is -0.201. The molecule has 2 aliphatic rings. The van der Waals surface area contributed by atoms with Crippen LogP contribution < -0.4 is 14.8 Å². The summed E-state index contributed by atoms with van der Waals surface area (Å²) >= 11 is 1.72. The van der Waals surface area contributed by atoms with Gasteiger partial charge in [-0.3, -0.25) is 4.79 Å². The summed E-state index contributed by atoms with van der Waals surface area (Å²) in [6.45, 7) is 5.53. The largest absolute Gasteiger partial charge is 0.493 e. The molecule has 2 heterocycles. The third-order valence-electron chi connectivity index (χ3n) is 6.08. The van der Waals surface area contributed by atoms with Gasteiger partial charge in [-0.1, -0.05) is 12.1 Å². The molecule has 1 aromatic carbocycles. The van der Waals surface area contributed by atoms with E-state index >= 15 is 0 Å². The van der Waals surface area contributed by atoms with Crippen molar-refractivity contribution in [2.45, 2.75) is 45.2 Å². The van der Waals surface area contributed by atoms with Crippen molar-refractivity contribution < 1.29 is 19.1 Å². The van der Waals surface area contributed by atoms with Crippen LogP contribution in [0.25, 0.3) is 0 Å². The topological polar surface area (TPSA) is 71.1 Å². The molecule has 1 aliphatic heterocycles. The molecule has 0 unspecified atom stereocenters. The molecule has 1 aromatic heterocycles. The minimum Gasteiger partial charge on any atom is -0.493 e. The molecule has 1 aliphatic carbocycles. The van der Waals surface area contributed by atoms with Gasteiger partial charge in [0.1, 0.15) is 13.2 Å². The van der Waals surface area contributed by atoms with Gasteiger partial charge in [0.25, 0.3) is 0 Å². The number of hydrogen-bond acceptors (Lipinski definition) is 5. The van der Waals surface area contributed by atoms with E-state index < -0.39 is 0 Å². The SMILES string of the molecule is COc1ccccc1OC[C@@H]1c2ccsc2CCN1C(=O)CN(CC1CC1)C(=O)NC(C)C. The molecule has 0 saturated heterocycles. The molecule has 1 atom stereocenters. The maximum atomic E-state index is 13.5. The van der Waals surface area contributed by atoms with Crippen molar-refractivity contribution >= 4 is 23.3 Å². The maximum Gasteiger partial charge on any atom is 0.318 e. The molecule has 2 aromatic rings. The molecule has 8 heteroatoms. The Hall–Kier alpha value is -2.74. The molecule has 0 radical (unpaired) electrons. The number of carbonyl (C=O) groups is 2.